The Kier molecular flexibility index (Phi) is 10.4. The Morgan fingerprint density at radius 2 is 0.627 bits per heavy atom. The van der Waals surface area contributed by atoms with Crippen molar-refractivity contribution < 1.29 is 0 Å². The quantitative estimate of drug-likeness (QED) is 0.160. The van der Waals surface area contributed by atoms with E-state index in [0.717, 1.165) is 17.1 Å². The molecule has 3 aliphatic rings. The lowest BCUT2D eigenvalue weighted by atomic mass is 9.66. The maximum absolute atomic E-state index is 2.56. The number of anilines is 3. The summed E-state index contributed by atoms with van der Waals surface area (Å²) in [5, 5.41) is 0. The van der Waals surface area contributed by atoms with Gasteiger partial charge in [-0.25, -0.2) is 0 Å². The zero-order chi connectivity index (χ0) is 51.6. The number of benzene rings is 10. The summed E-state index contributed by atoms with van der Waals surface area (Å²) in [6.45, 7) is 21.1. The summed E-state index contributed by atoms with van der Waals surface area (Å²) in [7, 11) is 0. The molecule has 10 aromatic rings. The molecular weight excluding hydrogens is 903 g/mol. The van der Waals surface area contributed by atoms with E-state index >= 15 is 0 Å². The van der Waals surface area contributed by atoms with E-state index in [1.54, 1.807) is 0 Å². The first-order valence-corrected chi connectivity index (χ1v) is 27.0. The number of hydrogen-bond acceptors (Lipinski definition) is 1. The fraction of sp³-hybridized carbons (Fsp3) is 0.189. The van der Waals surface area contributed by atoms with Crippen molar-refractivity contribution in [2.75, 3.05) is 4.90 Å². The largest absolute Gasteiger partial charge is 0.310 e. The van der Waals surface area contributed by atoms with Gasteiger partial charge in [0.15, 0.2) is 0 Å². The Bertz CT molecular complexity index is 3850. The Balaban J connectivity index is 1.10. The van der Waals surface area contributed by atoms with Crippen LogP contribution in [-0.4, -0.2) is 0 Å². The van der Waals surface area contributed by atoms with Gasteiger partial charge in [-0.15, -0.1) is 0 Å². The molecule has 0 amide bonds. The van der Waals surface area contributed by atoms with Gasteiger partial charge >= 0.3 is 0 Å². The first-order chi connectivity index (χ1) is 36.1. The predicted molar refractivity (Wildman–Crippen MR) is 316 cm³/mol. The van der Waals surface area contributed by atoms with Crippen LogP contribution in [0.4, 0.5) is 17.1 Å². The summed E-state index contributed by atoms with van der Waals surface area (Å²) in [5.41, 5.74) is 26.9. The maximum atomic E-state index is 2.56. The topological polar surface area (TPSA) is 3.24 Å². The summed E-state index contributed by atoms with van der Waals surface area (Å²) in [5.74, 6) is 0. The molecule has 3 aliphatic carbocycles. The van der Waals surface area contributed by atoms with Crippen LogP contribution in [0.25, 0.3) is 44.5 Å². The minimum Gasteiger partial charge on any atom is -0.310 e. The molecule has 366 valence electrons. The van der Waals surface area contributed by atoms with Gasteiger partial charge < -0.3 is 4.90 Å². The van der Waals surface area contributed by atoms with E-state index in [1.165, 1.54) is 106 Å². The van der Waals surface area contributed by atoms with Crippen molar-refractivity contribution in [3.8, 4) is 44.5 Å². The molecule has 75 heavy (non-hydrogen) atoms. The Morgan fingerprint density at radius 1 is 0.253 bits per heavy atom. The fourth-order valence-corrected chi connectivity index (χ4v) is 13.2. The second-order valence-electron chi connectivity index (χ2n) is 24.5. The van der Waals surface area contributed by atoms with Crippen LogP contribution in [0.5, 0.6) is 0 Å². The molecule has 0 heterocycles. The molecule has 13 rings (SSSR count). The molecule has 1 spiro atoms. The van der Waals surface area contributed by atoms with Gasteiger partial charge in [0.05, 0.1) is 10.8 Å². The van der Waals surface area contributed by atoms with Crippen LogP contribution in [-0.2, 0) is 27.1 Å². The first-order valence-electron chi connectivity index (χ1n) is 27.0. The highest BCUT2D eigenvalue weighted by Gasteiger charge is 2.53. The van der Waals surface area contributed by atoms with Gasteiger partial charge in [0, 0.05) is 17.1 Å². The number of hydrogen-bond donors (Lipinski definition) is 0. The van der Waals surface area contributed by atoms with Gasteiger partial charge in [-0.3, -0.25) is 0 Å². The lowest BCUT2D eigenvalue weighted by molar-refractivity contribution is 0.586. The third kappa shape index (κ3) is 7.04. The Hall–Kier alpha value is -8.00. The highest BCUT2D eigenvalue weighted by Crippen LogP contribution is 2.65. The third-order valence-electron chi connectivity index (χ3n) is 17.0. The highest BCUT2D eigenvalue weighted by molar-refractivity contribution is 5.97. The summed E-state index contributed by atoms with van der Waals surface area (Å²) in [6, 6.07) is 88.4. The maximum Gasteiger partial charge on any atom is 0.0726 e. The summed E-state index contributed by atoms with van der Waals surface area (Å²) in [4.78, 5) is 2.53. The average molecular weight is 968 g/mol. The van der Waals surface area contributed by atoms with Crippen LogP contribution in [0.1, 0.15) is 124 Å². The molecule has 0 bridgehead atoms. The molecule has 0 aliphatic heterocycles. The zero-order valence-corrected chi connectivity index (χ0v) is 44.9. The standard InChI is InChI=1S/C74H65N/c1-70(2,3)51-25-20-26-54(43-51)73(50-23-14-11-15-24-50)64-29-18-16-27-58(64)62-41-37-56(46-68(62)73)75(55-35-31-49(32-36-55)48-21-12-10-13-22-48)57-38-42-63-61-40-34-53(72(7,8)9)45-67(61)74(69(63)47-57)65-30-19-17-28-59(65)60-39-33-52(44-66(60)74)71(4,5)6/h10-47H,1-9H3. The normalized spacial score (nSPS) is 17.0. The lowest BCUT2D eigenvalue weighted by Crippen LogP contribution is -2.29. The molecule has 0 aromatic heterocycles. The minimum atomic E-state index is -0.580. The van der Waals surface area contributed by atoms with Crippen molar-refractivity contribution in [2.24, 2.45) is 0 Å². The van der Waals surface area contributed by atoms with E-state index in [0.29, 0.717) is 0 Å². The molecule has 0 radical (unpaired) electrons. The summed E-state index contributed by atoms with van der Waals surface area (Å²) < 4.78 is 0. The van der Waals surface area contributed by atoms with E-state index in [4.69, 9.17) is 0 Å². The van der Waals surface area contributed by atoms with E-state index in [9.17, 15) is 0 Å². The van der Waals surface area contributed by atoms with Crippen molar-refractivity contribution in [3.05, 3.63) is 292 Å². The van der Waals surface area contributed by atoms with Crippen LogP contribution in [0, 0.1) is 0 Å². The predicted octanol–water partition coefficient (Wildman–Crippen LogP) is 19.4. The van der Waals surface area contributed by atoms with Gasteiger partial charge in [0.25, 0.3) is 0 Å². The van der Waals surface area contributed by atoms with Crippen LogP contribution in [0.3, 0.4) is 0 Å². The van der Waals surface area contributed by atoms with Crippen LogP contribution >= 0.6 is 0 Å². The monoisotopic (exact) mass is 968 g/mol. The zero-order valence-electron chi connectivity index (χ0n) is 44.9. The summed E-state index contributed by atoms with van der Waals surface area (Å²) in [6.07, 6.45) is 0. The van der Waals surface area contributed by atoms with E-state index in [2.05, 4.69) is 298 Å². The summed E-state index contributed by atoms with van der Waals surface area (Å²) >= 11 is 0. The molecule has 0 fully saturated rings. The van der Waals surface area contributed by atoms with Gasteiger partial charge in [0.1, 0.15) is 0 Å². The Labute approximate surface area is 445 Å². The van der Waals surface area contributed by atoms with Gasteiger partial charge in [-0.05, 0) is 158 Å². The molecule has 1 nitrogen and oxygen atoms in total. The van der Waals surface area contributed by atoms with Crippen molar-refractivity contribution in [2.45, 2.75) is 89.4 Å². The van der Waals surface area contributed by atoms with Gasteiger partial charge in [-0.2, -0.15) is 0 Å². The second kappa shape index (κ2) is 16.8. The van der Waals surface area contributed by atoms with Gasteiger partial charge in [0.2, 0.25) is 0 Å². The van der Waals surface area contributed by atoms with E-state index < -0.39 is 10.8 Å². The average Bonchev–Trinajstić information content (AvgIpc) is 4.09. The van der Waals surface area contributed by atoms with Crippen LogP contribution in [0.2, 0.25) is 0 Å². The molecule has 10 aromatic carbocycles. The third-order valence-corrected chi connectivity index (χ3v) is 17.0. The molecule has 0 saturated heterocycles. The van der Waals surface area contributed by atoms with Crippen LogP contribution < -0.4 is 4.90 Å². The van der Waals surface area contributed by atoms with E-state index in [-0.39, 0.29) is 16.2 Å². The molecular formula is C74H65N. The van der Waals surface area contributed by atoms with Gasteiger partial charge in [-0.1, -0.05) is 256 Å². The number of rotatable bonds is 6. The molecule has 0 N–H and O–H groups in total. The molecule has 2 unspecified atom stereocenters. The van der Waals surface area contributed by atoms with Crippen molar-refractivity contribution in [1.29, 1.82) is 0 Å². The minimum absolute atomic E-state index is 0.0348. The van der Waals surface area contributed by atoms with E-state index in [1.807, 2.05) is 0 Å². The van der Waals surface area contributed by atoms with Crippen LogP contribution in [0.15, 0.2) is 231 Å². The SMILES string of the molecule is CC(C)(C)c1cccc(C2(c3ccccc3)c3ccccc3-c3ccc(N(c4ccc(-c5ccccc5)cc4)c4ccc5c(c4)C4(c6ccccc6-c6ccc(C(C)(C)C)cc64)c4cc(C(C)(C)C)ccc4-5)cc32)c1. The van der Waals surface area contributed by atoms with Crippen molar-refractivity contribution in [3.63, 3.8) is 0 Å². The smallest absolute Gasteiger partial charge is 0.0726 e. The first kappa shape index (κ1) is 46.8. The number of fused-ring (bicyclic) bond motifs is 13. The second-order valence-corrected chi connectivity index (χ2v) is 24.5. The fourth-order valence-electron chi connectivity index (χ4n) is 13.2. The number of nitrogens with zero attached hydrogens (tertiary/aromatic N) is 1. The van der Waals surface area contributed by atoms with Crippen molar-refractivity contribution >= 4 is 17.1 Å². The molecule has 1 heteroatoms. The highest BCUT2D eigenvalue weighted by atomic mass is 15.1. The molecule has 2 atom stereocenters. The Morgan fingerprint density at radius 3 is 1.15 bits per heavy atom. The lowest BCUT2D eigenvalue weighted by Gasteiger charge is -2.36. The molecule has 0 saturated carbocycles. The van der Waals surface area contributed by atoms with Crippen molar-refractivity contribution in [1.82, 2.24) is 0 Å².